The summed E-state index contributed by atoms with van der Waals surface area (Å²) in [5.74, 6) is -1.20. The van der Waals surface area contributed by atoms with Gasteiger partial charge in [-0.3, -0.25) is 9.36 Å². The lowest BCUT2D eigenvalue weighted by Gasteiger charge is -2.30. The SMILES string of the molecule is C[C@@H]1COCC[C@@H]1Nc1ncc2nc(Nc3c(F)cc(Cl)cc3F)n([C@H]3CC[C@@H](C(N)=O)CC3)c2n1. The summed E-state index contributed by atoms with van der Waals surface area (Å²) >= 11 is 5.79. The third kappa shape index (κ3) is 4.94. The van der Waals surface area contributed by atoms with Gasteiger partial charge in [-0.25, -0.2) is 18.7 Å². The molecule has 5 rings (SSSR count). The number of halogens is 3. The second-order valence-electron chi connectivity index (χ2n) is 9.58. The fourth-order valence-electron chi connectivity index (χ4n) is 5.05. The Morgan fingerprint density at radius 1 is 1.17 bits per heavy atom. The highest BCUT2D eigenvalue weighted by Crippen LogP contribution is 2.38. The monoisotopic (exact) mass is 519 g/mol. The molecule has 1 aromatic carbocycles. The van der Waals surface area contributed by atoms with Crippen molar-refractivity contribution in [3.8, 4) is 0 Å². The minimum Gasteiger partial charge on any atom is -0.381 e. The number of ether oxygens (including phenoxy) is 1. The number of primary amides is 1. The van der Waals surface area contributed by atoms with E-state index in [4.69, 9.17) is 27.1 Å². The van der Waals surface area contributed by atoms with E-state index in [-0.39, 0.29) is 40.6 Å². The largest absolute Gasteiger partial charge is 0.381 e. The maximum atomic E-state index is 14.6. The minimum atomic E-state index is -0.835. The van der Waals surface area contributed by atoms with Gasteiger partial charge in [-0.15, -0.1) is 0 Å². The maximum Gasteiger partial charge on any atom is 0.224 e. The van der Waals surface area contributed by atoms with Gasteiger partial charge in [0.2, 0.25) is 17.8 Å². The third-order valence-electron chi connectivity index (χ3n) is 7.10. The van der Waals surface area contributed by atoms with E-state index in [0.29, 0.717) is 61.9 Å². The molecule has 192 valence electrons. The Kier molecular flexibility index (Phi) is 6.94. The molecule has 1 aliphatic carbocycles. The Bertz CT molecular complexity index is 1260. The van der Waals surface area contributed by atoms with Crippen molar-refractivity contribution in [1.29, 1.82) is 0 Å². The first-order valence-electron chi connectivity index (χ1n) is 12.1. The first-order valence-corrected chi connectivity index (χ1v) is 12.5. The summed E-state index contributed by atoms with van der Waals surface area (Å²) in [5.41, 5.74) is 6.18. The van der Waals surface area contributed by atoms with Crippen molar-refractivity contribution in [2.45, 2.75) is 51.1 Å². The van der Waals surface area contributed by atoms with E-state index in [1.165, 1.54) is 0 Å². The van der Waals surface area contributed by atoms with Crippen LogP contribution < -0.4 is 16.4 Å². The number of nitrogens with two attached hydrogens (primary N) is 1. The average Bonchev–Trinajstić information content (AvgIpc) is 3.20. The predicted molar refractivity (Wildman–Crippen MR) is 132 cm³/mol. The molecule has 0 radical (unpaired) electrons. The molecule has 0 unspecified atom stereocenters. The van der Waals surface area contributed by atoms with Gasteiger partial charge in [0.05, 0.1) is 12.8 Å². The molecule has 0 spiro atoms. The van der Waals surface area contributed by atoms with Crippen LogP contribution in [0.15, 0.2) is 18.3 Å². The Balaban J connectivity index is 1.53. The Morgan fingerprint density at radius 2 is 1.89 bits per heavy atom. The zero-order valence-electron chi connectivity index (χ0n) is 19.8. The Hall–Kier alpha value is -3.05. The van der Waals surface area contributed by atoms with Crippen LogP contribution in [-0.2, 0) is 9.53 Å². The highest BCUT2D eigenvalue weighted by atomic mass is 35.5. The van der Waals surface area contributed by atoms with Crippen LogP contribution in [0, 0.1) is 23.5 Å². The van der Waals surface area contributed by atoms with Gasteiger partial charge in [-0.1, -0.05) is 18.5 Å². The second-order valence-corrected chi connectivity index (χ2v) is 10.0. The molecule has 2 atom stereocenters. The molecule has 0 bridgehead atoms. The van der Waals surface area contributed by atoms with E-state index in [1.54, 1.807) is 6.20 Å². The van der Waals surface area contributed by atoms with Gasteiger partial charge in [-0.05, 0) is 50.2 Å². The first kappa shape index (κ1) is 24.6. The molecular formula is C24H28ClF2N7O2. The zero-order chi connectivity index (χ0) is 25.4. The van der Waals surface area contributed by atoms with Gasteiger partial charge in [0, 0.05) is 29.6 Å². The predicted octanol–water partition coefficient (Wildman–Crippen LogP) is 4.56. The van der Waals surface area contributed by atoms with Crippen LogP contribution in [0.5, 0.6) is 0 Å². The topological polar surface area (TPSA) is 120 Å². The van der Waals surface area contributed by atoms with Crippen LogP contribution in [0.3, 0.4) is 0 Å². The van der Waals surface area contributed by atoms with Crippen molar-refractivity contribution in [1.82, 2.24) is 19.5 Å². The second kappa shape index (κ2) is 10.1. The van der Waals surface area contributed by atoms with Gasteiger partial charge in [0.25, 0.3) is 0 Å². The van der Waals surface area contributed by atoms with Crippen molar-refractivity contribution < 1.29 is 18.3 Å². The van der Waals surface area contributed by atoms with Gasteiger partial charge in [0.1, 0.15) is 11.2 Å². The number of hydrogen-bond acceptors (Lipinski definition) is 7. The molecular weight excluding hydrogens is 492 g/mol. The van der Waals surface area contributed by atoms with Crippen molar-refractivity contribution in [3.63, 3.8) is 0 Å². The van der Waals surface area contributed by atoms with Gasteiger partial charge < -0.3 is 21.1 Å². The number of hydrogen-bond donors (Lipinski definition) is 3. The smallest absolute Gasteiger partial charge is 0.224 e. The lowest BCUT2D eigenvalue weighted by Crippen LogP contribution is -2.36. The van der Waals surface area contributed by atoms with Crippen LogP contribution in [0.25, 0.3) is 11.2 Å². The Labute approximate surface area is 211 Å². The number of carbonyl (C=O) groups excluding carboxylic acids is 1. The number of carbonyl (C=O) groups is 1. The number of nitrogens with zero attached hydrogens (tertiary/aromatic N) is 4. The van der Waals surface area contributed by atoms with E-state index in [1.807, 2.05) is 4.57 Å². The molecule has 1 saturated carbocycles. The lowest BCUT2D eigenvalue weighted by molar-refractivity contribution is -0.122. The molecule has 1 aliphatic heterocycles. The zero-order valence-corrected chi connectivity index (χ0v) is 20.6. The van der Waals surface area contributed by atoms with Crippen LogP contribution in [0.2, 0.25) is 5.02 Å². The summed E-state index contributed by atoms with van der Waals surface area (Å²) in [6.07, 6.45) is 4.93. The summed E-state index contributed by atoms with van der Waals surface area (Å²) in [7, 11) is 0. The summed E-state index contributed by atoms with van der Waals surface area (Å²) in [5, 5.41) is 6.17. The number of fused-ring (bicyclic) bond motifs is 1. The molecule has 3 aromatic rings. The van der Waals surface area contributed by atoms with Crippen molar-refractivity contribution >= 4 is 46.3 Å². The van der Waals surface area contributed by atoms with Gasteiger partial charge in [0.15, 0.2) is 17.3 Å². The quantitative estimate of drug-likeness (QED) is 0.437. The molecule has 2 aromatic heterocycles. The van der Waals surface area contributed by atoms with Crippen LogP contribution in [0.4, 0.5) is 26.4 Å². The highest BCUT2D eigenvalue weighted by molar-refractivity contribution is 6.30. The number of rotatable bonds is 6. The van der Waals surface area contributed by atoms with Crippen molar-refractivity contribution in [2.75, 3.05) is 23.8 Å². The highest BCUT2D eigenvalue weighted by Gasteiger charge is 2.30. The molecule has 2 fully saturated rings. The van der Waals surface area contributed by atoms with Crippen LogP contribution in [-0.4, -0.2) is 44.7 Å². The van der Waals surface area contributed by atoms with E-state index >= 15 is 0 Å². The Morgan fingerprint density at radius 3 is 2.56 bits per heavy atom. The minimum absolute atomic E-state index is 0.0437. The number of anilines is 3. The summed E-state index contributed by atoms with van der Waals surface area (Å²) < 4.78 is 36.6. The molecule has 9 nitrogen and oxygen atoms in total. The third-order valence-corrected chi connectivity index (χ3v) is 7.31. The fraction of sp³-hybridized carbons (Fsp3) is 0.500. The molecule has 1 amide bonds. The number of benzene rings is 1. The maximum absolute atomic E-state index is 14.6. The molecule has 36 heavy (non-hydrogen) atoms. The van der Waals surface area contributed by atoms with E-state index in [9.17, 15) is 13.6 Å². The molecule has 1 saturated heterocycles. The number of amides is 1. The van der Waals surface area contributed by atoms with Crippen LogP contribution in [0.1, 0.15) is 45.1 Å². The van der Waals surface area contributed by atoms with Crippen molar-refractivity contribution in [3.05, 3.63) is 35.0 Å². The van der Waals surface area contributed by atoms with Gasteiger partial charge >= 0.3 is 0 Å². The van der Waals surface area contributed by atoms with Gasteiger partial charge in [-0.2, -0.15) is 4.98 Å². The molecule has 4 N–H and O–H groups in total. The normalized spacial score (nSPS) is 24.6. The molecule has 3 heterocycles. The summed E-state index contributed by atoms with van der Waals surface area (Å²) in [6, 6.07) is 2.13. The van der Waals surface area contributed by atoms with E-state index in [2.05, 4.69) is 27.5 Å². The van der Waals surface area contributed by atoms with Crippen LogP contribution >= 0.6 is 11.6 Å². The fourth-order valence-corrected chi connectivity index (χ4v) is 5.24. The van der Waals surface area contributed by atoms with Crippen molar-refractivity contribution in [2.24, 2.45) is 17.6 Å². The standard InChI is InChI=1S/C24H28ClF2N7O2/c1-12-11-36-7-6-18(12)30-23-29-10-19-22(33-23)34(15-4-2-13(3-5-15)21(28)35)24(31-19)32-20-16(26)8-14(25)9-17(20)27/h8-10,12-13,15,18H,2-7,11H2,1H3,(H2,28,35)(H,31,32)(H,29,30,33)/t12-,13-,15+,18+/m1/s1. The molecule has 12 heteroatoms. The number of nitrogens with one attached hydrogen (secondary N) is 2. The van der Waals surface area contributed by atoms with E-state index < -0.39 is 11.6 Å². The number of imidazole rings is 1. The number of aromatic nitrogens is 4. The summed E-state index contributed by atoms with van der Waals surface area (Å²) in [4.78, 5) is 25.4. The molecule has 2 aliphatic rings. The lowest BCUT2D eigenvalue weighted by atomic mass is 9.85. The summed E-state index contributed by atoms with van der Waals surface area (Å²) in [6.45, 7) is 3.43. The van der Waals surface area contributed by atoms with E-state index in [0.717, 1.165) is 18.6 Å². The first-order chi connectivity index (χ1) is 17.3. The average molecular weight is 520 g/mol.